The minimum Gasteiger partial charge on any atom is -0.323 e. The number of ketones is 1. The standard InChI is InChI=1S/C15H16F3NO2/c1-14(2,3)10-4-5-11-9(6-10)7-19(8-12(11)20)13(21)15(16,17)18/h4-6H,7-8H2,1-3H3. The molecule has 0 aliphatic carbocycles. The maximum Gasteiger partial charge on any atom is 0.471 e. The van der Waals surface area contributed by atoms with Crippen molar-refractivity contribution in [1.82, 2.24) is 4.90 Å². The van der Waals surface area contributed by atoms with Gasteiger partial charge in [-0.3, -0.25) is 9.59 Å². The van der Waals surface area contributed by atoms with E-state index in [1.54, 1.807) is 18.2 Å². The highest BCUT2D eigenvalue weighted by atomic mass is 19.4. The van der Waals surface area contributed by atoms with Crippen molar-refractivity contribution in [3.05, 3.63) is 34.9 Å². The summed E-state index contributed by atoms with van der Waals surface area (Å²) in [6.07, 6.45) is -4.96. The topological polar surface area (TPSA) is 37.4 Å². The molecule has 0 saturated heterocycles. The molecule has 0 fully saturated rings. The number of alkyl halides is 3. The maximum absolute atomic E-state index is 12.5. The third kappa shape index (κ3) is 3.09. The van der Waals surface area contributed by atoms with Crippen molar-refractivity contribution in [3.63, 3.8) is 0 Å². The van der Waals surface area contributed by atoms with Crippen molar-refractivity contribution < 1.29 is 22.8 Å². The van der Waals surface area contributed by atoms with Crippen LogP contribution in [0, 0.1) is 0 Å². The Morgan fingerprint density at radius 3 is 2.29 bits per heavy atom. The first-order valence-electron chi connectivity index (χ1n) is 6.53. The number of benzene rings is 1. The normalized spacial score (nSPS) is 15.9. The molecule has 0 aromatic heterocycles. The number of amides is 1. The van der Waals surface area contributed by atoms with Gasteiger partial charge in [0.05, 0.1) is 6.54 Å². The van der Waals surface area contributed by atoms with Crippen molar-refractivity contribution in [2.45, 2.75) is 38.9 Å². The minimum absolute atomic E-state index is 0.186. The van der Waals surface area contributed by atoms with Gasteiger partial charge in [0.1, 0.15) is 0 Å². The summed E-state index contributed by atoms with van der Waals surface area (Å²) in [6.45, 7) is 5.19. The number of halogens is 3. The van der Waals surface area contributed by atoms with Crippen LogP contribution >= 0.6 is 0 Å². The van der Waals surface area contributed by atoms with Gasteiger partial charge in [0.15, 0.2) is 5.78 Å². The Hall–Kier alpha value is -1.85. The predicted molar refractivity (Wildman–Crippen MR) is 70.9 cm³/mol. The van der Waals surface area contributed by atoms with Crippen LogP contribution in [0.25, 0.3) is 0 Å². The molecule has 0 radical (unpaired) electrons. The smallest absolute Gasteiger partial charge is 0.323 e. The van der Waals surface area contributed by atoms with E-state index in [0.717, 1.165) is 5.56 Å². The molecule has 21 heavy (non-hydrogen) atoms. The van der Waals surface area contributed by atoms with E-state index in [0.29, 0.717) is 16.0 Å². The van der Waals surface area contributed by atoms with Gasteiger partial charge in [0.25, 0.3) is 0 Å². The lowest BCUT2D eigenvalue weighted by Gasteiger charge is -2.30. The van der Waals surface area contributed by atoms with Crippen LogP contribution < -0.4 is 0 Å². The first-order valence-corrected chi connectivity index (χ1v) is 6.53. The highest BCUT2D eigenvalue weighted by Gasteiger charge is 2.44. The van der Waals surface area contributed by atoms with Crippen molar-refractivity contribution in [3.8, 4) is 0 Å². The van der Waals surface area contributed by atoms with Gasteiger partial charge in [-0.25, -0.2) is 0 Å². The Kier molecular flexibility index (Phi) is 3.59. The van der Waals surface area contributed by atoms with Crippen molar-refractivity contribution in [2.24, 2.45) is 0 Å². The highest BCUT2D eigenvalue weighted by molar-refractivity contribution is 6.02. The van der Waals surface area contributed by atoms with E-state index >= 15 is 0 Å². The van der Waals surface area contributed by atoms with Gasteiger partial charge in [-0.05, 0) is 16.5 Å². The molecule has 2 rings (SSSR count). The summed E-state index contributed by atoms with van der Waals surface area (Å²) < 4.78 is 37.5. The minimum atomic E-state index is -4.96. The van der Waals surface area contributed by atoms with Crippen LogP contribution in [0.5, 0.6) is 0 Å². The average molecular weight is 299 g/mol. The average Bonchev–Trinajstić information content (AvgIpc) is 2.34. The summed E-state index contributed by atoms with van der Waals surface area (Å²) in [5.74, 6) is -2.43. The fraction of sp³-hybridized carbons (Fsp3) is 0.467. The van der Waals surface area contributed by atoms with Crippen LogP contribution in [0.3, 0.4) is 0 Å². The first-order chi connectivity index (χ1) is 9.50. The SMILES string of the molecule is CC(C)(C)c1ccc2c(c1)CN(C(=O)C(F)(F)F)CC2=O. The molecule has 1 aliphatic rings. The van der Waals surface area contributed by atoms with Crippen LogP contribution in [0.4, 0.5) is 13.2 Å². The first kappa shape index (κ1) is 15.5. The molecule has 114 valence electrons. The van der Waals surface area contributed by atoms with Crippen molar-refractivity contribution in [1.29, 1.82) is 0 Å². The van der Waals surface area contributed by atoms with Crippen molar-refractivity contribution >= 4 is 11.7 Å². The summed E-state index contributed by atoms with van der Waals surface area (Å²) in [5, 5.41) is 0. The zero-order chi connectivity index (χ0) is 16.0. The molecule has 0 bridgehead atoms. The van der Waals surface area contributed by atoms with Gasteiger partial charge in [0.2, 0.25) is 0 Å². The van der Waals surface area contributed by atoms with Gasteiger partial charge in [-0.1, -0.05) is 39.0 Å². The summed E-state index contributed by atoms with van der Waals surface area (Å²) >= 11 is 0. The summed E-state index contributed by atoms with van der Waals surface area (Å²) in [7, 11) is 0. The number of carbonyl (C=O) groups is 2. The Morgan fingerprint density at radius 1 is 1.14 bits per heavy atom. The predicted octanol–water partition coefficient (Wildman–Crippen LogP) is 3.07. The lowest BCUT2D eigenvalue weighted by molar-refractivity contribution is -0.185. The molecule has 1 amide bonds. The molecule has 6 heteroatoms. The third-order valence-electron chi connectivity index (χ3n) is 3.50. The largest absolute Gasteiger partial charge is 0.471 e. The molecule has 0 atom stereocenters. The number of carbonyl (C=O) groups excluding carboxylic acids is 2. The fourth-order valence-electron chi connectivity index (χ4n) is 2.31. The molecule has 1 aromatic rings. The molecule has 0 unspecified atom stereocenters. The Bertz CT molecular complexity index is 600. The highest BCUT2D eigenvalue weighted by Crippen LogP contribution is 2.29. The number of Topliss-reactive ketones (excluding diaryl/α,β-unsaturated/α-hetero) is 1. The van der Waals surface area contributed by atoms with Crippen LogP contribution in [0.1, 0.15) is 42.3 Å². The zero-order valence-electron chi connectivity index (χ0n) is 12.0. The molecular formula is C15H16F3NO2. The Morgan fingerprint density at radius 2 is 1.76 bits per heavy atom. The number of rotatable bonds is 0. The van der Waals surface area contributed by atoms with E-state index in [9.17, 15) is 22.8 Å². The summed E-state index contributed by atoms with van der Waals surface area (Å²) in [6, 6.07) is 5.15. The second-order valence-electron chi connectivity index (χ2n) is 6.20. The number of fused-ring (bicyclic) bond motifs is 1. The van der Waals surface area contributed by atoms with Gasteiger partial charge < -0.3 is 4.90 Å². The van der Waals surface area contributed by atoms with Crippen LogP contribution in [-0.4, -0.2) is 29.3 Å². The third-order valence-corrected chi connectivity index (χ3v) is 3.50. The second kappa shape index (κ2) is 4.86. The lowest BCUT2D eigenvalue weighted by Crippen LogP contribution is -2.46. The van der Waals surface area contributed by atoms with Gasteiger partial charge in [0, 0.05) is 12.1 Å². The van der Waals surface area contributed by atoms with Crippen LogP contribution in [-0.2, 0) is 16.8 Å². The molecule has 1 aromatic carbocycles. The monoisotopic (exact) mass is 299 g/mol. The molecule has 0 saturated carbocycles. The molecule has 0 N–H and O–H groups in total. The van der Waals surface area contributed by atoms with Crippen LogP contribution in [0.2, 0.25) is 0 Å². The molecule has 3 nitrogen and oxygen atoms in total. The van der Waals surface area contributed by atoms with E-state index in [-0.39, 0.29) is 12.0 Å². The van der Waals surface area contributed by atoms with Gasteiger partial charge >= 0.3 is 12.1 Å². The number of nitrogens with zero attached hydrogens (tertiary/aromatic N) is 1. The molecular weight excluding hydrogens is 283 g/mol. The lowest BCUT2D eigenvalue weighted by atomic mass is 9.84. The van der Waals surface area contributed by atoms with Gasteiger partial charge in [-0.2, -0.15) is 13.2 Å². The quantitative estimate of drug-likeness (QED) is 0.738. The van der Waals surface area contributed by atoms with E-state index in [1.807, 2.05) is 20.8 Å². The second-order valence-corrected chi connectivity index (χ2v) is 6.20. The fourth-order valence-corrected chi connectivity index (χ4v) is 2.31. The van der Waals surface area contributed by atoms with E-state index in [2.05, 4.69) is 0 Å². The molecule has 1 heterocycles. The number of hydrogen-bond donors (Lipinski definition) is 0. The van der Waals surface area contributed by atoms with E-state index in [4.69, 9.17) is 0 Å². The van der Waals surface area contributed by atoms with E-state index < -0.39 is 24.4 Å². The Balaban J connectivity index is 2.38. The summed E-state index contributed by atoms with van der Waals surface area (Å²) in [4.78, 5) is 23.8. The van der Waals surface area contributed by atoms with Crippen LogP contribution in [0.15, 0.2) is 18.2 Å². The Labute approximate surface area is 120 Å². The molecule has 0 spiro atoms. The zero-order valence-corrected chi connectivity index (χ0v) is 12.0. The molecule has 1 aliphatic heterocycles. The summed E-state index contributed by atoms with van der Waals surface area (Å²) in [5.41, 5.74) is 1.59. The van der Waals surface area contributed by atoms with Gasteiger partial charge in [-0.15, -0.1) is 0 Å². The number of hydrogen-bond acceptors (Lipinski definition) is 2. The maximum atomic E-state index is 12.5. The van der Waals surface area contributed by atoms with E-state index in [1.165, 1.54) is 0 Å². The van der Waals surface area contributed by atoms with Crippen molar-refractivity contribution in [2.75, 3.05) is 6.54 Å².